The molecule has 0 aliphatic carbocycles. The number of aryl methyl sites for hydroxylation is 1. The van der Waals surface area contributed by atoms with Crippen LogP contribution in [0.5, 0.6) is 11.5 Å². The van der Waals surface area contributed by atoms with Crippen molar-refractivity contribution in [3.05, 3.63) is 95.6 Å². The molecule has 35 heavy (non-hydrogen) atoms. The third-order valence-corrected chi connectivity index (χ3v) is 6.02. The van der Waals surface area contributed by atoms with E-state index in [2.05, 4.69) is 5.32 Å². The summed E-state index contributed by atoms with van der Waals surface area (Å²) in [6, 6.07) is 24.7. The van der Waals surface area contributed by atoms with Crippen LogP contribution in [0.3, 0.4) is 0 Å². The fourth-order valence-corrected chi connectivity index (χ4v) is 3.82. The van der Waals surface area contributed by atoms with Crippen LogP contribution in [0.2, 0.25) is 0 Å². The summed E-state index contributed by atoms with van der Waals surface area (Å²) in [6.07, 6.45) is 1.66. The van der Waals surface area contributed by atoms with E-state index in [0.717, 1.165) is 28.2 Å². The minimum absolute atomic E-state index is 0.0533. The zero-order valence-corrected chi connectivity index (χ0v) is 20.7. The fourth-order valence-electron chi connectivity index (χ4n) is 3.82. The average molecular weight is 475 g/mol. The van der Waals surface area contributed by atoms with Crippen LogP contribution in [0.1, 0.15) is 30.0 Å². The highest BCUT2D eigenvalue weighted by molar-refractivity contribution is 5.87. The largest absolute Gasteiger partial charge is 0.497 e. The number of amides is 2. The Hall–Kier alpha value is -3.80. The minimum Gasteiger partial charge on any atom is -0.497 e. The van der Waals surface area contributed by atoms with E-state index in [1.807, 2.05) is 78.9 Å². The summed E-state index contributed by atoms with van der Waals surface area (Å²) < 4.78 is 10.4. The van der Waals surface area contributed by atoms with Gasteiger partial charge >= 0.3 is 0 Å². The van der Waals surface area contributed by atoms with Crippen molar-refractivity contribution >= 4 is 11.8 Å². The van der Waals surface area contributed by atoms with Gasteiger partial charge in [0, 0.05) is 19.5 Å². The first-order chi connectivity index (χ1) is 17.0. The molecule has 0 radical (unpaired) electrons. The topological polar surface area (TPSA) is 67.9 Å². The van der Waals surface area contributed by atoms with Gasteiger partial charge in [-0.2, -0.15) is 0 Å². The van der Waals surface area contributed by atoms with Gasteiger partial charge in [0.1, 0.15) is 17.5 Å². The Labute approximate surface area is 207 Å². The summed E-state index contributed by atoms with van der Waals surface area (Å²) in [7, 11) is 3.25. The maximum Gasteiger partial charge on any atom is 0.242 e. The van der Waals surface area contributed by atoms with Gasteiger partial charge in [0.25, 0.3) is 0 Å². The molecule has 0 fully saturated rings. The molecule has 2 amide bonds. The van der Waals surface area contributed by atoms with E-state index >= 15 is 0 Å². The minimum atomic E-state index is -0.601. The van der Waals surface area contributed by atoms with Crippen molar-refractivity contribution in [3.8, 4) is 11.5 Å². The van der Waals surface area contributed by atoms with E-state index in [-0.39, 0.29) is 11.8 Å². The molecule has 0 aliphatic rings. The van der Waals surface area contributed by atoms with Crippen LogP contribution in [-0.4, -0.2) is 43.5 Å². The van der Waals surface area contributed by atoms with E-state index in [1.54, 1.807) is 26.0 Å². The lowest BCUT2D eigenvalue weighted by Crippen LogP contribution is -2.48. The molecule has 1 N–H and O–H groups in total. The second kappa shape index (κ2) is 13.2. The first kappa shape index (κ1) is 25.8. The van der Waals surface area contributed by atoms with Gasteiger partial charge in [0.15, 0.2) is 0 Å². The maximum atomic E-state index is 13.3. The summed E-state index contributed by atoms with van der Waals surface area (Å²) in [6.45, 7) is 2.63. The summed E-state index contributed by atoms with van der Waals surface area (Å²) in [5.74, 6) is 1.33. The normalized spacial score (nSPS) is 11.4. The first-order valence-electron chi connectivity index (χ1n) is 11.9. The van der Waals surface area contributed by atoms with Gasteiger partial charge in [0.2, 0.25) is 11.8 Å². The number of rotatable bonds is 12. The van der Waals surface area contributed by atoms with Crippen LogP contribution in [0, 0.1) is 0 Å². The number of methoxy groups -OCH3 is 2. The number of hydrogen-bond donors (Lipinski definition) is 1. The molecule has 3 rings (SSSR count). The Kier molecular flexibility index (Phi) is 9.72. The third kappa shape index (κ3) is 7.88. The lowest BCUT2D eigenvalue weighted by molar-refractivity contribution is -0.140. The summed E-state index contributed by atoms with van der Waals surface area (Å²) in [5, 5.41) is 2.99. The summed E-state index contributed by atoms with van der Waals surface area (Å²) in [5.41, 5.74) is 3.14. The van der Waals surface area contributed by atoms with Crippen molar-refractivity contribution in [1.82, 2.24) is 10.2 Å². The second-order valence-corrected chi connectivity index (χ2v) is 8.42. The quantitative estimate of drug-likeness (QED) is 0.422. The first-order valence-corrected chi connectivity index (χ1v) is 11.9. The lowest BCUT2D eigenvalue weighted by Gasteiger charge is -2.29. The SMILES string of the molecule is COc1ccc(CCNC(=O)C(C)N(Cc2ccc(OC)cc2)C(=O)CCc2ccccc2)cc1. The zero-order valence-electron chi connectivity index (χ0n) is 20.7. The highest BCUT2D eigenvalue weighted by atomic mass is 16.5. The molecule has 0 saturated heterocycles. The molecule has 6 heteroatoms. The molecule has 0 aliphatic heterocycles. The van der Waals surface area contributed by atoms with E-state index in [0.29, 0.717) is 32.4 Å². The van der Waals surface area contributed by atoms with E-state index in [4.69, 9.17) is 9.47 Å². The van der Waals surface area contributed by atoms with Gasteiger partial charge in [-0.15, -0.1) is 0 Å². The van der Waals surface area contributed by atoms with Crippen molar-refractivity contribution in [1.29, 1.82) is 0 Å². The zero-order chi connectivity index (χ0) is 25.0. The van der Waals surface area contributed by atoms with Crippen LogP contribution < -0.4 is 14.8 Å². The molecule has 0 heterocycles. The number of nitrogens with zero attached hydrogens (tertiary/aromatic N) is 1. The molecule has 0 aromatic heterocycles. The Morgan fingerprint density at radius 2 is 1.31 bits per heavy atom. The van der Waals surface area contributed by atoms with Gasteiger partial charge in [-0.05, 0) is 60.7 Å². The van der Waals surface area contributed by atoms with Crippen LogP contribution in [0.15, 0.2) is 78.9 Å². The van der Waals surface area contributed by atoms with Crippen LogP contribution in [0.4, 0.5) is 0 Å². The predicted molar refractivity (Wildman–Crippen MR) is 137 cm³/mol. The van der Waals surface area contributed by atoms with Gasteiger partial charge in [-0.1, -0.05) is 54.6 Å². The number of hydrogen-bond acceptors (Lipinski definition) is 4. The molecule has 6 nitrogen and oxygen atoms in total. The van der Waals surface area contributed by atoms with Crippen molar-refractivity contribution < 1.29 is 19.1 Å². The summed E-state index contributed by atoms with van der Waals surface area (Å²) >= 11 is 0. The summed E-state index contributed by atoms with van der Waals surface area (Å²) in [4.78, 5) is 27.9. The molecule has 3 aromatic carbocycles. The van der Waals surface area contributed by atoms with Crippen molar-refractivity contribution in [2.24, 2.45) is 0 Å². The Balaban J connectivity index is 1.63. The van der Waals surface area contributed by atoms with E-state index in [1.165, 1.54) is 0 Å². The monoisotopic (exact) mass is 474 g/mol. The molecular formula is C29H34N2O4. The molecular weight excluding hydrogens is 440 g/mol. The van der Waals surface area contributed by atoms with Crippen LogP contribution in [0.25, 0.3) is 0 Å². The van der Waals surface area contributed by atoms with Crippen molar-refractivity contribution in [3.63, 3.8) is 0 Å². The van der Waals surface area contributed by atoms with Crippen molar-refractivity contribution in [2.45, 2.75) is 38.8 Å². The number of carbonyl (C=O) groups is 2. The molecule has 0 saturated carbocycles. The highest BCUT2D eigenvalue weighted by Crippen LogP contribution is 2.17. The van der Waals surface area contributed by atoms with Crippen LogP contribution >= 0.6 is 0 Å². The van der Waals surface area contributed by atoms with Gasteiger partial charge < -0.3 is 19.7 Å². The number of ether oxygens (including phenoxy) is 2. The molecule has 1 atom stereocenters. The van der Waals surface area contributed by atoms with Gasteiger partial charge in [-0.25, -0.2) is 0 Å². The Bertz CT molecular complexity index is 1070. The third-order valence-electron chi connectivity index (χ3n) is 6.02. The average Bonchev–Trinajstić information content (AvgIpc) is 2.91. The van der Waals surface area contributed by atoms with Gasteiger partial charge in [0.05, 0.1) is 14.2 Å². The molecule has 3 aromatic rings. The maximum absolute atomic E-state index is 13.3. The standard InChI is InChI=1S/C29H34N2O4/c1-22(29(33)30-20-19-24-9-14-26(34-2)15-10-24)31(21-25-11-16-27(35-3)17-12-25)28(32)18-13-23-7-5-4-6-8-23/h4-12,14-17,22H,13,18-21H2,1-3H3,(H,30,33). The van der Waals surface area contributed by atoms with E-state index in [9.17, 15) is 9.59 Å². The van der Waals surface area contributed by atoms with Crippen LogP contribution in [-0.2, 0) is 29.0 Å². The smallest absolute Gasteiger partial charge is 0.242 e. The fraction of sp³-hybridized carbons (Fsp3) is 0.310. The van der Waals surface area contributed by atoms with Gasteiger partial charge in [-0.3, -0.25) is 9.59 Å². The molecule has 0 bridgehead atoms. The Morgan fingerprint density at radius 3 is 1.89 bits per heavy atom. The number of carbonyl (C=O) groups excluding carboxylic acids is 2. The highest BCUT2D eigenvalue weighted by Gasteiger charge is 2.25. The molecule has 1 unspecified atom stereocenters. The number of nitrogens with one attached hydrogen (secondary N) is 1. The predicted octanol–water partition coefficient (Wildman–Crippen LogP) is 4.41. The second-order valence-electron chi connectivity index (χ2n) is 8.42. The Morgan fingerprint density at radius 1 is 0.771 bits per heavy atom. The molecule has 184 valence electrons. The molecule has 0 spiro atoms. The lowest BCUT2D eigenvalue weighted by atomic mass is 10.1. The number of benzene rings is 3. The van der Waals surface area contributed by atoms with E-state index < -0.39 is 6.04 Å². The van der Waals surface area contributed by atoms with Crippen molar-refractivity contribution in [2.75, 3.05) is 20.8 Å².